The summed E-state index contributed by atoms with van der Waals surface area (Å²) in [4.78, 5) is 37.2. The molecule has 0 aromatic heterocycles. The van der Waals surface area contributed by atoms with Crippen LogP contribution in [0.2, 0.25) is 0 Å². The van der Waals surface area contributed by atoms with E-state index in [1.165, 1.54) is 180 Å². The third-order valence-corrected chi connectivity index (χ3v) is 12.1. The van der Waals surface area contributed by atoms with Gasteiger partial charge in [0, 0.05) is 19.3 Å². The number of carbonyl (C=O) groups excluding carboxylic acids is 2. The van der Waals surface area contributed by atoms with Crippen molar-refractivity contribution in [3.8, 4) is 0 Å². The quantitative estimate of drug-likeness (QED) is 0.0281. The number of esters is 2. The van der Waals surface area contributed by atoms with Crippen LogP contribution >= 0.6 is 0 Å². The van der Waals surface area contributed by atoms with E-state index in [1.54, 1.807) is 0 Å². The SMILES string of the molecule is CCCCCC/C=C/C=C/CCCCCCCCCCCCC(=O)OC(COCCC(C(=O)O)[N+](C)(C)C)COC(=O)CCCCCCCCCCCCCCCCCCCC. The van der Waals surface area contributed by atoms with Crippen LogP contribution in [-0.4, -0.2) is 80.6 Å². The van der Waals surface area contributed by atoms with E-state index in [-0.39, 0.29) is 36.2 Å². The van der Waals surface area contributed by atoms with Crippen molar-refractivity contribution in [3.05, 3.63) is 24.3 Å². The van der Waals surface area contributed by atoms with Crippen LogP contribution < -0.4 is 0 Å². The number of carboxylic acid groups (broad SMARTS) is 1. The normalized spacial score (nSPS) is 13.0. The number of allylic oxidation sites excluding steroid dienone is 4. The van der Waals surface area contributed by atoms with Crippen molar-refractivity contribution in [2.45, 2.75) is 264 Å². The van der Waals surface area contributed by atoms with Crippen molar-refractivity contribution in [1.29, 1.82) is 0 Å². The van der Waals surface area contributed by atoms with Crippen LogP contribution in [0, 0.1) is 0 Å². The molecule has 0 saturated carbocycles. The second kappa shape index (κ2) is 45.4. The van der Waals surface area contributed by atoms with Crippen LogP contribution in [0.5, 0.6) is 0 Å². The van der Waals surface area contributed by atoms with Crippen LogP contribution in [0.15, 0.2) is 24.3 Å². The number of unbranched alkanes of at least 4 members (excludes halogenated alkanes) is 31. The molecule has 0 rings (SSSR count). The summed E-state index contributed by atoms with van der Waals surface area (Å²) in [5, 5.41) is 9.66. The fourth-order valence-corrected chi connectivity index (χ4v) is 8.03. The summed E-state index contributed by atoms with van der Waals surface area (Å²) in [5.41, 5.74) is 0. The summed E-state index contributed by atoms with van der Waals surface area (Å²) in [7, 11) is 5.54. The lowest BCUT2D eigenvalue weighted by atomic mass is 10.0. The van der Waals surface area contributed by atoms with Crippen molar-refractivity contribution in [1.82, 2.24) is 0 Å². The summed E-state index contributed by atoms with van der Waals surface area (Å²) in [6, 6.07) is -0.613. The minimum atomic E-state index is -0.872. The first-order chi connectivity index (χ1) is 30.1. The molecule has 2 unspecified atom stereocenters. The number of hydrogen-bond acceptors (Lipinski definition) is 6. The Morgan fingerprint density at radius 1 is 0.484 bits per heavy atom. The molecule has 62 heavy (non-hydrogen) atoms. The van der Waals surface area contributed by atoms with E-state index in [0.29, 0.717) is 19.3 Å². The predicted molar refractivity (Wildman–Crippen MR) is 262 cm³/mol. The molecule has 0 amide bonds. The number of nitrogens with zero attached hydrogens (tertiary/aromatic N) is 1. The molecule has 1 N–H and O–H groups in total. The number of carboxylic acids is 1. The Labute approximate surface area is 383 Å². The van der Waals surface area contributed by atoms with Gasteiger partial charge in [0.15, 0.2) is 12.1 Å². The zero-order valence-electron chi connectivity index (χ0n) is 41.6. The van der Waals surface area contributed by atoms with Gasteiger partial charge in [-0.15, -0.1) is 0 Å². The zero-order chi connectivity index (χ0) is 45.6. The van der Waals surface area contributed by atoms with Crippen LogP contribution in [-0.2, 0) is 28.6 Å². The molecule has 0 saturated heterocycles. The van der Waals surface area contributed by atoms with Gasteiger partial charge in [-0.1, -0.05) is 218 Å². The first-order valence-electron chi connectivity index (χ1n) is 26.4. The minimum absolute atomic E-state index is 0.0470. The van der Waals surface area contributed by atoms with Gasteiger partial charge >= 0.3 is 17.9 Å². The maximum absolute atomic E-state index is 12.8. The van der Waals surface area contributed by atoms with Crippen LogP contribution in [0.3, 0.4) is 0 Å². The summed E-state index contributed by atoms with van der Waals surface area (Å²) < 4.78 is 17.4. The highest BCUT2D eigenvalue weighted by Gasteiger charge is 2.31. The van der Waals surface area contributed by atoms with Crippen molar-refractivity contribution < 1.29 is 38.2 Å². The van der Waals surface area contributed by atoms with E-state index < -0.39 is 18.1 Å². The van der Waals surface area contributed by atoms with E-state index in [9.17, 15) is 19.5 Å². The van der Waals surface area contributed by atoms with E-state index in [4.69, 9.17) is 14.2 Å². The molecule has 0 aliphatic rings. The first-order valence-corrected chi connectivity index (χ1v) is 26.4. The van der Waals surface area contributed by atoms with Gasteiger partial charge in [0.25, 0.3) is 0 Å². The number of likely N-dealkylation sites (N-methyl/N-ethyl adjacent to an activating group) is 1. The Hall–Kier alpha value is -2.19. The molecule has 0 heterocycles. The average molecular weight is 877 g/mol. The van der Waals surface area contributed by atoms with E-state index in [2.05, 4.69) is 38.2 Å². The fraction of sp³-hybridized carbons (Fsp3) is 0.870. The lowest BCUT2D eigenvalue weighted by Gasteiger charge is -2.31. The van der Waals surface area contributed by atoms with Gasteiger partial charge in [0.1, 0.15) is 6.61 Å². The Balaban J connectivity index is 4.21. The lowest BCUT2D eigenvalue weighted by molar-refractivity contribution is -0.887. The second-order valence-corrected chi connectivity index (χ2v) is 19.2. The molecule has 0 radical (unpaired) electrons. The van der Waals surface area contributed by atoms with Gasteiger partial charge in [-0.2, -0.15) is 0 Å². The van der Waals surface area contributed by atoms with Gasteiger partial charge in [0.2, 0.25) is 0 Å². The molecule has 0 spiro atoms. The molecule has 0 aliphatic carbocycles. The maximum atomic E-state index is 12.8. The molecule has 0 fully saturated rings. The molecular weight excluding hydrogens is 775 g/mol. The van der Waals surface area contributed by atoms with Gasteiger partial charge in [-0.3, -0.25) is 9.59 Å². The van der Waals surface area contributed by atoms with E-state index in [0.717, 1.165) is 38.5 Å². The van der Waals surface area contributed by atoms with Crippen LogP contribution in [0.1, 0.15) is 251 Å². The number of quaternary nitrogens is 1. The van der Waals surface area contributed by atoms with E-state index >= 15 is 0 Å². The smallest absolute Gasteiger partial charge is 0.362 e. The zero-order valence-corrected chi connectivity index (χ0v) is 41.6. The number of carbonyl (C=O) groups is 3. The molecule has 8 heteroatoms. The van der Waals surface area contributed by atoms with Gasteiger partial charge in [-0.25, -0.2) is 4.79 Å². The number of hydrogen-bond donors (Lipinski definition) is 1. The highest BCUT2D eigenvalue weighted by molar-refractivity contribution is 5.72. The standard InChI is InChI=1S/C54H101NO7/c1-6-8-10-12-14-16-18-20-22-24-26-27-29-31-33-35-37-39-41-43-45-53(57)62-50(48-60-47-46-51(54(58)59)55(3,4)5)49-61-52(56)44-42-40-38-36-34-32-30-28-25-23-21-19-17-15-13-11-9-7-2/h16,18,20,22,50-51H,6-15,17,19,21,23-49H2,1-5H3/p+1/b18-16+,22-20+. The summed E-state index contributed by atoms with van der Waals surface area (Å²) in [6.45, 7) is 4.76. The molecule has 0 aromatic rings. The molecule has 8 nitrogen and oxygen atoms in total. The number of aliphatic carboxylic acids is 1. The highest BCUT2D eigenvalue weighted by atomic mass is 16.6. The Bertz CT molecular complexity index is 1070. The molecule has 2 atom stereocenters. The average Bonchev–Trinajstić information content (AvgIpc) is 3.23. The van der Waals surface area contributed by atoms with Crippen molar-refractivity contribution in [2.24, 2.45) is 0 Å². The molecule has 0 aliphatic heterocycles. The summed E-state index contributed by atoms with van der Waals surface area (Å²) in [5.74, 6) is -1.45. The third-order valence-electron chi connectivity index (χ3n) is 12.1. The van der Waals surface area contributed by atoms with E-state index in [1.807, 2.05) is 21.1 Å². The lowest BCUT2D eigenvalue weighted by Crippen LogP contribution is -2.50. The van der Waals surface area contributed by atoms with Gasteiger partial charge in [-0.05, 0) is 38.5 Å². The third kappa shape index (κ3) is 43.1. The first kappa shape index (κ1) is 59.8. The predicted octanol–water partition coefficient (Wildman–Crippen LogP) is 15.2. The Kier molecular flexibility index (Phi) is 43.8. The largest absolute Gasteiger partial charge is 0.477 e. The summed E-state index contributed by atoms with van der Waals surface area (Å²) in [6.07, 6.45) is 52.2. The van der Waals surface area contributed by atoms with Gasteiger partial charge < -0.3 is 23.8 Å². The number of ether oxygens (including phenoxy) is 3. The minimum Gasteiger partial charge on any atom is -0.477 e. The maximum Gasteiger partial charge on any atom is 0.362 e. The second-order valence-electron chi connectivity index (χ2n) is 19.2. The monoisotopic (exact) mass is 877 g/mol. The Morgan fingerprint density at radius 2 is 0.839 bits per heavy atom. The van der Waals surface area contributed by atoms with Crippen LogP contribution in [0.25, 0.3) is 0 Å². The number of rotatable bonds is 48. The summed E-state index contributed by atoms with van der Waals surface area (Å²) >= 11 is 0. The Morgan fingerprint density at radius 3 is 1.23 bits per heavy atom. The van der Waals surface area contributed by atoms with Crippen molar-refractivity contribution in [2.75, 3.05) is 41.0 Å². The van der Waals surface area contributed by atoms with Crippen molar-refractivity contribution >= 4 is 17.9 Å². The fourth-order valence-electron chi connectivity index (χ4n) is 8.03. The molecule has 0 bridgehead atoms. The topological polar surface area (TPSA) is 99.1 Å². The van der Waals surface area contributed by atoms with Crippen LogP contribution in [0.4, 0.5) is 0 Å². The molecule has 364 valence electrons. The van der Waals surface area contributed by atoms with Crippen molar-refractivity contribution in [3.63, 3.8) is 0 Å². The molecule has 0 aromatic carbocycles. The van der Waals surface area contributed by atoms with Gasteiger partial charge in [0.05, 0.1) is 34.4 Å². The highest BCUT2D eigenvalue weighted by Crippen LogP contribution is 2.17. The molecular formula is C54H102NO7+.